The van der Waals surface area contributed by atoms with Crippen LogP contribution in [0.3, 0.4) is 0 Å². The van der Waals surface area contributed by atoms with Gasteiger partial charge in [0.05, 0.1) is 53.4 Å². The minimum Gasteiger partial charge on any atom is -1.00 e. The molecule has 4 heteroatoms. The summed E-state index contributed by atoms with van der Waals surface area (Å²) in [6, 6.07) is 0. The minimum absolute atomic E-state index is 0. The lowest BCUT2D eigenvalue weighted by Gasteiger charge is -2.41. The molecular formula is C15H32I2N2. The molecule has 0 unspecified atom stereocenters. The molecule has 2 heterocycles. The van der Waals surface area contributed by atoms with Crippen LogP contribution in [-0.4, -0.2) is 62.3 Å². The summed E-state index contributed by atoms with van der Waals surface area (Å²) >= 11 is 0. The Bertz CT molecular complexity index is 210. The molecule has 2 aliphatic rings. The molecule has 0 aromatic heterocycles. The van der Waals surface area contributed by atoms with Gasteiger partial charge >= 0.3 is 0 Å². The first-order valence-corrected chi connectivity index (χ1v) is 7.79. The monoisotopic (exact) mass is 494 g/mol. The molecule has 2 aliphatic heterocycles. The number of halogens is 2. The third kappa shape index (κ3) is 6.78. The first kappa shape index (κ1) is 20.4. The van der Waals surface area contributed by atoms with Crippen LogP contribution in [0.4, 0.5) is 0 Å². The second-order valence-corrected chi connectivity index (χ2v) is 7.06. The van der Waals surface area contributed by atoms with E-state index in [0.717, 1.165) is 0 Å². The minimum atomic E-state index is 0. The largest absolute Gasteiger partial charge is 1.00 e. The van der Waals surface area contributed by atoms with Gasteiger partial charge in [-0.2, -0.15) is 0 Å². The van der Waals surface area contributed by atoms with Crippen LogP contribution in [0.1, 0.15) is 44.9 Å². The average Bonchev–Trinajstić information content (AvgIpc) is 2.30. The summed E-state index contributed by atoms with van der Waals surface area (Å²) in [5, 5.41) is 0. The highest BCUT2D eigenvalue weighted by Crippen LogP contribution is 2.19. The van der Waals surface area contributed by atoms with Crippen LogP contribution < -0.4 is 48.0 Å². The molecule has 116 valence electrons. The van der Waals surface area contributed by atoms with Crippen LogP contribution in [0.2, 0.25) is 0 Å². The number of nitrogens with zero attached hydrogens (tertiary/aromatic N) is 2. The Labute approximate surface area is 154 Å². The van der Waals surface area contributed by atoms with Gasteiger partial charge in [0.25, 0.3) is 0 Å². The highest BCUT2D eigenvalue weighted by molar-refractivity contribution is 4.54. The fraction of sp³-hybridized carbons (Fsp3) is 1.00. The Kier molecular flexibility index (Phi) is 10.1. The van der Waals surface area contributed by atoms with Gasteiger partial charge in [0, 0.05) is 6.42 Å². The maximum Gasteiger partial charge on any atom is 0.0838 e. The van der Waals surface area contributed by atoms with E-state index in [4.69, 9.17) is 0 Å². The molecule has 0 bridgehead atoms. The Morgan fingerprint density at radius 1 is 0.579 bits per heavy atom. The van der Waals surface area contributed by atoms with Crippen molar-refractivity contribution in [2.45, 2.75) is 44.9 Å². The highest BCUT2D eigenvalue weighted by Gasteiger charge is 2.28. The number of likely N-dealkylation sites (tertiary alicyclic amines) is 2. The van der Waals surface area contributed by atoms with Crippen LogP contribution in [-0.2, 0) is 0 Å². The SMILES string of the molecule is C[N+]1(CCC[N+]2(C)CCCCC2)CCCCC1.[I-].[I-]. The zero-order valence-electron chi connectivity index (χ0n) is 12.8. The van der Waals surface area contributed by atoms with E-state index < -0.39 is 0 Å². The number of hydrogen-bond donors (Lipinski definition) is 0. The third-order valence-electron chi connectivity index (χ3n) is 5.19. The van der Waals surface area contributed by atoms with Crippen LogP contribution in [0.25, 0.3) is 0 Å². The van der Waals surface area contributed by atoms with Crippen molar-refractivity contribution < 1.29 is 56.9 Å². The van der Waals surface area contributed by atoms with Crippen molar-refractivity contribution in [3.63, 3.8) is 0 Å². The van der Waals surface area contributed by atoms with Gasteiger partial charge in [-0.05, 0) is 38.5 Å². The lowest BCUT2D eigenvalue weighted by atomic mass is 10.1. The Morgan fingerprint density at radius 2 is 0.895 bits per heavy atom. The first-order chi connectivity index (χ1) is 8.12. The van der Waals surface area contributed by atoms with Crippen LogP contribution in [0.15, 0.2) is 0 Å². The molecule has 0 aromatic rings. The highest BCUT2D eigenvalue weighted by atomic mass is 127. The predicted molar refractivity (Wildman–Crippen MR) is 73.9 cm³/mol. The number of quaternary nitrogens is 2. The first-order valence-electron chi connectivity index (χ1n) is 7.79. The normalized spacial score (nSPS) is 24.9. The van der Waals surface area contributed by atoms with Gasteiger partial charge < -0.3 is 56.9 Å². The second-order valence-electron chi connectivity index (χ2n) is 7.06. The van der Waals surface area contributed by atoms with Crippen LogP contribution >= 0.6 is 0 Å². The summed E-state index contributed by atoms with van der Waals surface area (Å²) < 4.78 is 2.72. The maximum atomic E-state index is 2.48. The molecule has 0 N–H and O–H groups in total. The number of hydrogen-bond acceptors (Lipinski definition) is 0. The molecule has 0 aliphatic carbocycles. The zero-order valence-corrected chi connectivity index (χ0v) is 17.2. The van der Waals surface area contributed by atoms with Crippen molar-refractivity contribution in [1.82, 2.24) is 0 Å². The fourth-order valence-corrected chi connectivity index (χ4v) is 3.83. The van der Waals surface area contributed by atoms with E-state index in [0.29, 0.717) is 0 Å². The van der Waals surface area contributed by atoms with Crippen LogP contribution in [0, 0.1) is 0 Å². The molecule has 0 atom stereocenters. The molecule has 2 fully saturated rings. The number of rotatable bonds is 4. The molecule has 0 saturated carbocycles. The molecule has 2 rings (SSSR count). The lowest BCUT2D eigenvalue weighted by molar-refractivity contribution is -0.932. The summed E-state index contributed by atoms with van der Waals surface area (Å²) in [4.78, 5) is 0. The van der Waals surface area contributed by atoms with E-state index in [1.54, 1.807) is 0 Å². The van der Waals surface area contributed by atoms with E-state index in [9.17, 15) is 0 Å². The van der Waals surface area contributed by atoms with Gasteiger partial charge in [0.15, 0.2) is 0 Å². The van der Waals surface area contributed by atoms with E-state index in [1.165, 1.54) is 93.2 Å². The molecule has 0 spiro atoms. The molecule has 0 amide bonds. The predicted octanol–water partition coefficient (Wildman–Crippen LogP) is -3.35. The molecule has 2 nitrogen and oxygen atoms in total. The van der Waals surface area contributed by atoms with E-state index in [2.05, 4.69) is 14.1 Å². The standard InChI is InChI=1S/C15H32N2.2HI/c1-16(10-5-3-6-11-16)14-9-15-17(2)12-7-4-8-13-17;;/h3-15H2,1-2H3;2*1H/q+2;;/p-2. The van der Waals surface area contributed by atoms with Gasteiger partial charge in [-0.3, -0.25) is 0 Å². The summed E-state index contributed by atoms with van der Waals surface area (Å²) in [7, 11) is 4.96. The third-order valence-corrected chi connectivity index (χ3v) is 5.19. The molecule has 0 radical (unpaired) electrons. The van der Waals surface area contributed by atoms with Gasteiger partial charge in [-0.15, -0.1) is 0 Å². The molecular weight excluding hydrogens is 462 g/mol. The Balaban J connectivity index is 0.00000162. The van der Waals surface area contributed by atoms with E-state index in [1.807, 2.05) is 0 Å². The zero-order chi connectivity index (χ0) is 12.2. The summed E-state index contributed by atoms with van der Waals surface area (Å²) in [6.45, 7) is 8.59. The lowest BCUT2D eigenvalue weighted by Crippen LogP contribution is -3.00. The van der Waals surface area contributed by atoms with E-state index in [-0.39, 0.29) is 48.0 Å². The topological polar surface area (TPSA) is 0 Å². The molecule has 2 saturated heterocycles. The average molecular weight is 494 g/mol. The molecule has 0 aromatic carbocycles. The van der Waals surface area contributed by atoms with Crippen molar-refractivity contribution >= 4 is 0 Å². The summed E-state index contributed by atoms with van der Waals surface area (Å²) in [6.07, 6.45) is 10.2. The van der Waals surface area contributed by atoms with Crippen molar-refractivity contribution in [3.05, 3.63) is 0 Å². The van der Waals surface area contributed by atoms with E-state index >= 15 is 0 Å². The summed E-state index contributed by atoms with van der Waals surface area (Å²) in [5.41, 5.74) is 0. The van der Waals surface area contributed by atoms with Gasteiger partial charge in [-0.1, -0.05) is 0 Å². The smallest absolute Gasteiger partial charge is 0.0838 e. The van der Waals surface area contributed by atoms with Gasteiger partial charge in [0.2, 0.25) is 0 Å². The van der Waals surface area contributed by atoms with Crippen molar-refractivity contribution in [3.8, 4) is 0 Å². The Morgan fingerprint density at radius 3 is 1.21 bits per heavy atom. The molecule has 19 heavy (non-hydrogen) atoms. The van der Waals surface area contributed by atoms with Crippen molar-refractivity contribution in [1.29, 1.82) is 0 Å². The second kappa shape index (κ2) is 9.41. The summed E-state index contributed by atoms with van der Waals surface area (Å²) in [5.74, 6) is 0. The van der Waals surface area contributed by atoms with Gasteiger partial charge in [-0.25, -0.2) is 0 Å². The fourth-order valence-electron chi connectivity index (χ4n) is 3.83. The van der Waals surface area contributed by atoms with Crippen LogP contribution in [0.5, 0.6) is 0 Å². The van der Waals surface area contributed by atoms with Gasteiger partial charge in [0.1, 0.15) is 0 Å². The van der Waals surface area contributed by atoms with Crippen molar-refractivity contribution in [2.24, 2.45) is 0 Å². The van der Waals surface area contributed by atoms with Crippen molar-refractivity contribution in [2.75, 3.05) is 53.4 Å². The maximum absolute atomic E-state index is 2.48. The Hall–Kier alpha value is 1.38. The number of piperidine rings is 2. The quantitative estimate of drug-likeness (QED) is 0.283.